The lowest BCUT2D eigenvalue weighted by molar-refractivity contribution is -0.384. The van der Waals surface area contributed by atoms with Crippen molar-refractivity contribution in [1.29, 1.82) is 0 Å². The van der Waals surface area contributed by atoms with Crippen molar-refractivity contribution < 1.29 is 14.1 Å². The van der Waals surface area contributed by atoms with Gasteiger partial charge < -0.3 is 9.32 Å². The molecule has 0 radical (unpaired) electrons. The van der Waals surface area contributed by atoms with Crippen molar-refractivity contribution in [2.45, 2.75) is 37.8 Å². The molecule has 132 valence electrons. The number of aromatic nitrogens is 2. The standard InChI is InChI=1S/C16H18N4O4S/c1-16(2,3)14-17-18-15(24-14)25-9-13(21)19-7-6-10-8-11(20(22)23)4-5-12(10)19/h4-5,8H,6-7,9H2,1-3H3. The van der Waals surface area contributed by atoms with Crippen LogP contribution in [0.5, 0.6) is 0 Å². The van der Waals surface area contributed by atoms with Crippen LogP contribution >= 0.6 is 11.8 Å². The number of non-ortho nitro benzene ring substituents is 1. The maximum atomic E-state index is 12.5. The van der Waals surface area contributed by atoms with Gasteiger partial charge in [-0.3, -0.25) is 14.9 Å². The van der Waals surface area contributed by atoms with E-state index in [4.69, 9.17) is 4.42 Å². The monoisotopic (exact) mass is 362 g/mol. The molecule has 0 fully saturated rings. The molecule has 0 saturated heterocycles. The number of nitro benzene ring substituents is 1. The van der Waals surface area contributed by atoms with Crippen molar-refractivity contribution in [2.75, 3.05) is 17.2 Å². The zero-order chi connectivity index (χ0) is 18.2. The van der Waals surface area contributed by atoms with E-state index >= 15 is 0 Å². The number of nitrogens with zero attached hydrogens (tertiary/aromatic N) is 4. The molecule has 0 bridgehead atoms. The minimum atomic E-state index is -0.428. The van der Waals surface area contributed by atoms with E-state index in [2.05, 4.69) is 10.2 Å². The number of carbonyl (C=O) groups excluding carboxylic acids is 1. The molecule has 8 nitrogen and oxygen atoms in total. The second-order valence-electron chi connectivity index (χ2n) is 6.78. The smallest absolute Gasteiger partial charge is 0.277 e. The molecule has 0 unspecified atom stereocenters. The Morgan fingerprint density at radius 1 is 1.40 bits per heavy atom. The van der Waals surface area contributed by atoms with Crippen molar-refractivity contribution >= 4 is 29.0 Å². The van der Waals surface area contributed by atoms with E-state index in [1.807, 2.05) is 20.8 Å². The van der Waals surface area contributed by atoms with Gasteiger partial charge in [-0.15, -0.1) is 10.2 Å². The Balaban J connectivity index is 1.66. The Labute approximate surface area is 148 Å². The van der Waals surface area contributed by atoms with E-state index in [-0.39, 0.29) is 22.8 Å². The highest BCUT2D eigenvalue weighted by atomic mass is 32.2. The molecule has 0 spiro atoms. The van der Waals surface area contributed by atoms with E-state index in [1.54, 1.807) is 11.0 Å². The number of rotatable bonds is 4. The van der Waals surface area contributed by atoms with Gasteiger partial charge in [-0.2, -0.15) is 0 Å². The first-order valence-electron chi connectivity index (χ1n) is 7.80. The van der Waals surface area contributed by atoms with Gasteiger partial charge in [0.2, 0.25) is 11.8 Å². The number of anilines is 1. The van der Waals surface area contributed by atoms with Crippen LogP contribution in [0.1, 0.15) is 32.2 Å². The van der Waals surface area contributed by atoms with Gasteiger partial charge in [0.05, 0.1) is 10.7 Å². The average molecular weight is 362 g/mol. The summed E-state index contributed by atoms with van der Waals surface area (Å²) in [5.41, 5.74) is 1.36. The van der Waals surface area contributed by atoms with Crippen LogP contribution in [0.2, 0.25) is 0 Å². The average Bonchev–Trinajstić information content (AvgIpc) is 3.18. The number of benzene rings is 1. The lowest BCUT2D eigenvalue weighted by Gasteiger charge is -2.16. The summed E-state index contributed by atoms with van der Waals surface area (Å²) < 4.78 is 5.57. The fourth-order valence-corrected chi connectivity index (χ4v) is 3.17. The van der Waals surface area contributed by atoms with Crippen molar-refractivity contribution in [3.63, 3.8) is 0 Å². The summed E-state index contributed by atoms with van der Waals surface area (Å²) in [7, 11) is 0. The van der Waals surface area contributed by atoms with Crippen LogP contribution in [0.25, 0.3) is 0 Å². The first kappa shape index (κ1) is 17.4. The van der Waals surface area contributed by atoms with Crippen molar-refractivity contribution in [2.24, 2.45) is 0 Å². The van der Waals surface area contributed by atoms with E-state index < -0.39 is 4.92 Å². The topological polar surface area (TPSA) is 102 Å². The lowest BCUT2D eigenvalue weighted by Crippen LogP contribution is -2.30. The quantitative estimate of drug-likeness (QED) is 0.468. The number of thioether (sulfide) groups is 1. The normalized spacial score (nSPS) is 13.8. The van der Waals surface area contributed by atoms with Gasteiger partial charge in [0, 0.05) is 29.8 Å². The number of carbonyl (C=O) groups is 1. The molecular formula is C16H18N4O4S. The van der Waals surface area contributed by atoms with E-state index in [9.17, 15) is 14.9 Å². The molecule has 0 atom stereocenters. The van der Waals surface area contributed by atoms with Gasteiger partial charge in [-0.25, -0.2) is 0 Å². The number of hydrogen-bond donors (Lipinski definition) is 0. The summed E-state index contributed by atoms with van der Waals surface area (Å²) >= 11 is 1.20. The Hall–Kier alpha value is -2.42. The zero-order valence-corrected chi connectivity index (χ0v) is 15.0. The number of amides is 1. The minimum absolute atomic E-state index is 0.0444. The minimum Gasteiger partial charge on any atom is -0.415 e. The molecule has 1 aromatic heterocycles. The van der Waals surface area contributed by atoms with Gasteiger partial charge in [0.15, 0.2) is 0 Å². The maximum Gasteiger partial charge on any atom is 0.277 e. The molecule has 1 aliphatic heterocycles. The third-order valence-electron chi connectivity index (χ3n) is 3.84. The van der Waals surface area contributed by atoms with Crippen LogP contribution in [-0.4, -0.2) is 33.3 Å². The second-order valence-corrected chi connectivity index (χ2v) is 7.70. The molecule has 3 rings (SSSR count). The molecule has 2 aromatic rings. The van der Waals surface area contributed by atoms with Crippen LogP contribution in [0.4, 0.5) is 11.4 Å². The predicted molar refractivity (Wildman–Crippen MR) is 92.9 cm³/mol. The number of hydrogen-bond acceptors (Lipinski definition) is 7. The van der Waals surface area contributed by atoms with Gasteiger partial charge >= 0.3 is 0 Å². The van der Waals surface area contributed by atoms with Crippen LogP contribution in [-0.2, 0) is 16.6 Å². The van der Waals surface area contributed by atoms with E-state index in [0.29, 0.717) is 24.1 Å². The molecule has 0 saturated carbocycles. The van der Waals surface area contributed by atoms with Crippen LogP contribution in [0.3, 0.4) is 0 Å². The van der Waals surface area contributed by atoms with E-state index in [1.165, 1.54) is 23.9 Å². The van der Waals surface area contributed by atoms with Gasteiger partial charge in [0.25, 0.3) is 10.9 Å². The van der Waals surface area contributed by atoms with Crippen LogP contribution in [0.15, 0.2) is 27.8 Å². The Bertz CT molecular complexity index is 828. The van der Waals surface area contributed by atoms with Crippen LogP contribution in [0, 0.1) is 10.1 Å². The third-order valence-corrected chi connectivity index (χ3v) is 4.64. The molecule has 1 amide bonds. The molecule has 0 N–H and O–H groups in total. The van der Waals surface area contributed by atoms with Crippen molar-refractivity contribution in [1.82, 2.24) is 10.2 Å². The first-order chi connectivity index (χ1) is 11.8. The summed E-state index contributed by atoms with van der Waals surface area (Å²) in [6, 6.07) is 4.59. The zero-order valence-electron chi connectivity index (χ0n) is 14.2. The Morgan fingerprint density at radius 3 is 2.80 bits per heavy atom. The highest BCUT2D eigenvalue weighted by Gasteiger charge is 2.27. The largest absolute Gasteiger partial charge is 0.415 e. The van der Waals surface area contributed by atoms with Gasteiger partial charge in [-0.05, 0) is 18.1 Å². The summed E-state index contributed by atoms with van der Waals surface area (Å²) in [5, 5.41) is 19.2. The molecule has 1 aliphatic rings. The highest BCUT2D eigenvalue weighted by Crippen LogP contribution is 2.32. The summed E-state index contributed by atoms with van der Waals surface area (Å²) in [6.45, 7) is 6.44. The van der Waals surface area contributed by atoms with Gasteiger partial charge in [0.1, 0.15) is 0 Å². The predicted octanol–water partition coefficient (Wildman–Crippen LogP) is 2.96. The molecule has 1 aromatic carbocycles. The maximum absolute atomic E-state index is 12.5. The van der Waals surface area contributed by atoms with Crippen molar-refractivity contribution in [3.05, 3.63) is 39.8 Å². The summed E-state index contributed by atoms with van der Waals surface area (Å²) in [4.78, 5) is 24.6. The first-order valence-corrected chi connectivity index (χ1v) is 8.79. The Morgan fingerprint density at radius 2 is 2.16 bits per heavy atom. The molecule has 25 heavy (non-hydrogen) atoms. The fourth-order valence-electron chi connectivity index (χ4n) is 2.53. The SMILES string of the molecule is CC(C)(C)c1nnc(SCC(=O)N2CCc3cc([N+](=O)[O-])ccc32)o1. The third kappa shape index (κ3) is 3.65. The Kier molecular flexibility index (Phi) is 4.51. The van der Waals surface area contributed by atoms with Crippen molar-refractivity contribution in [3.8, 4) is 0 Å². The second kappa shape index (κ2) is 6.47. The molecular weight excluding hydrogens is 344 g/mol. The molecule has 2 heterocycles. The molecule has 0 aliphatic carbocycles. The highest BCUT2D eigenvalue weighted by molar-refractivity contribution is 7.99. The van der Waals surface area contributed by atoms with E-state index in [0.717, 1.165) is 11.3 Å². The number of fused-ring (bicyclic) bond motifs is 1. The lowest BCUT2D eigenvalue weighted by atomic mass is 9.97. The van der Waals surface area contributed by atoms with Crippen LogP contribution < -0.4 is 4.90 Å². The summed E-state index contributed by atoms with van der Waals surface area (Å²) in [6.07, 6.45) is 0.613. The fraction of sp³-hybridized carbons (Fsp3) is 0.438. The number of nitro groups is 1. The molecule has 9 heteroatoms. The van der Waals surface area contributed by atoms with Gasteiger partial charge in [-0.1, -0.05) is 32.5 Å². The summed E-state index contributed by atoms with van der Waals surface area (Å²) in [5.74, 6) is 0.608.